The van der Waals surface area contributed by atoms with Crippen LogP contribution in [0.4, 0.5) is 15.1 Å². The number of hydrogen-bond acceptors (Lipinski definition) is 6. The van der Waals surface area contributed by atoms with Crippen LogP contribution in [0.25, 0.3) is 22.3 Å². The van der Waals surface area contributed by atoms with E-state index in [1.54, 1.807) is 23.2 Å². The summed E-state index contributed by atoms with van der Waals surface area (Å²) in [4.78, 5) is 24.0. The number of benzene rings is 2. The van der Waals surface area contributed by atoms with Gasteiger partial charge in [-0.25, -0.2) is 14.2 Å². The highest BCUT2D eigenvalue weighted by Gasteiger charge is 2.29. The van der Waals surface area contributed by atoms with E-state index in [2.05, 4.69) is 14.9 Å². The number of anilines is 1. The van der Waals surface area contributed by atoms with Crippen molar-refractivity contribution in [2.75, 3.05) is 25.5 Å². The number of nitrogens with zero attached hydrogens (tertiary/aromatic N) is 4. The van der Waals surface area contributed by atoms with E-state index in [0.29, 0.717) is 53.4 Å². The standard InChI is InChI=1S/C31H34Cl2FN5O3/c1-31(2,3)42-30(40)38-12-6-7-20(17-38)18-39-25(27-22(32)8-5-9-23(27)33)14-21-16-36-29(37-28(21)39)35-15-19-10-11-26(41-4)24(34)13-19/h5,8-11,13-14,16,20H,6-7,12,15,17-18H2,1-4H3,(H,35,36,37)/t20-/m1/s1. The first-order chi connectivity index (χ1) is 20.0. The summed E-state index contributed by atoms with van der Waals surface area (Å²) in [6, 6.07) is 12.2. The van der Waals surface area contributed by atoms with Gasteiger partial charge in [0.1, 0.15) is 11.2 Å². The Morgan fingerprint density at radius 3 is 2.62 bits per heavy atom. The summed E-state index contributed by atoms with van der Waals surface area (Å²) < 4.78 is 27.0. The minimum atomic E-state index is -0.563. The van der Waals surface area contributed by atoms with Crippen molar-refractivity contribution in [2.24, 2.45) is 5.92 Å². The van der Waals surface area contributed by atoms with Gasteiger partial charge in [-0.3, -0.25) is 0 Å². The van der Waals surface area contributed by atoms with Gasteiger partial charge >= 0.3 is 6.09 Å². The Kier molecular flexibility index (Phi) is 8.80. The van der Waals surface area contributed by atoms with Crippen molar-refractivity contribution in [3.05, 3.63) is 70.1 Å². The third kappa shape index (κ3) is 6.73. The average molecular weight is 615 g/mol. The van der Waals surface area contributed by atoms with Crippen LogP contribution in [0.1, 0.15) is 39.2 Å². The fourth-order valence-electron chi connectivity index (χ4n) is 5.22. The van der Waals surface area contributed by atoms with E-state index in [4.69, 9.17) is 37.7 Å². The topological polar surface area (TPSA) is 81.5 Å². The Morgan fingerprint density at radius 1 is 1.17 bits per heavy atom. The number of halogens is 3. The normalized spacial score (nSPS) is 15.6. The SMILES string of the molecule is COc1ccc(CNc2ncc3cc(-c4c(Cl)cccc4Cl)n(C[C@@H]4CCCN(C(=O)OC(C)(C)C)C4)c3n2)cc1F. The van der Waals surface area contributed by atoms with E-state index in [-0.39, 0.29) is 17.8 Å². The number of carbonyl (C=O) groups is 1. The van der Waals surface area contributed by atoms with Crippen molar-refractivity contribution in [3.63, 3.8) is 0 Å². The summed E-state index contributed by atoms with van der Waals surface area (Å²) in [7, 11) is 1.43. The third-order valence-corrected chi connectivity index (χ3v) is 7.76. The number of hydrogen-bond donors (Lipinski definition) is 1. The lowest BCUT2D eigenvalue weighted by molar-refractivity contribution is 0.0158. The van der Waals surface area contributed by atoms with Crippen molar-refractivity contribution in [1.29, 1.82) is 0 Å². The second kappa shape index (κ2) is 12.4. The first-order valence-electron chi connectivity index (χ1n) is 13.9. The van der Waals surface area contributed by atoms with Crippen molar-refractivity contribution in [3.8, 4) is 17.0 Å². The molecule has 4 aromatic rings. The number of piperidine rings is 1. The van der Waals surface area contributed by atoms with Crippen molar-refractivity contribution < 1.29 is 18.7 Å². The zero-order chi connectivity index (χ0) is 30.0. The van der Waals surface area contributed by atoms with Crippen molar-refractivity contribution >= 4 is 46.3 Å². The summed E-state index contributed by atoms with van der Waals surface area (Å²) in [6.07, 6.45) is 3.25. The van der Waals surface area contributed by atoms with Crippen LogP contribution in [0.5, 0.6) is 5.75 Å². The van der Waals surface area contributed by atoms with Gasteiger partial charge in [-0.1, -0.05) is 35.3 Å². The molecule has 222 valence electrons. The van der Waals surface area contributed by atoms with Crippen LogP contribution in [0.15, 0.2) is 48.7 Å². The van der Waals surface area contributed by atoms with Gasteiger partial charge in [0.2, 0.25) is 5.95 Å². The third-order valence-electron chi connectivity index (χ3n) is 7.13. The summed E-state index contributed by atoms with van der Waals surface area (Å²) >= 11 is 13.3. The van der Waals surface area contributed by atoms with Gasteiger partial charge in [0.05, 0.1) is 22.8 Å². The number of aromatic nitrogens is 3. The Balaban J connectivity index is 1.47. The van der Waals surface area contributed by atoms with Crippen molar-refractivity contribution in [2.45, 2.75) is 52.3 Å². The van der Waals surface area contributed by atoms with Crippen LogP contribution in [0, 0.1) is 11.7 Å². The number of fused-ring (bicyclic) bond motifs is 1. The molecule has 11 heteroatoms. The quantitative estimate of drug-likeness (QED) is 0.229. The Bertz CT molecular complexity index is 1580. The molecule has 0 radical (unpaired) electrons. The van der Waals surface area contributed by atoms with E-state index in [0.717, 1.165) is 29.5 Å². The zero-order valence-electron chi connectivity index (χ0n) is 24.1. The fourth-order valence-corrected chi connectivity index (χ4v) is 5.82. The van der Waals surface area contributed by atoms with E-state index >= 15 is 0 Å². The van der Waals surface area contributed by atoms with E-state index in [9.17, 15) is 9.18 Å². The second-order valence-electron chi connectivity index (χ2n) is 11.5. The van der Waals surface area contributed by atoms with Crippen LogP contribution in [-0.2, 0) is 17.8 Å². The van der Waals surface area contributed by atoms with E-state index < -0.39 is 11.4 Å². The lowest BCUT2D eigenvalue weighted by Crippen LogP contribution is -2.43. The lowest BCUT2D eigenvalue weighted by Gasteiger charge is -2.34. The molecular formula is C31H34Cl2FN5O3. The molecular weight excluding hydrogens is 580 g/mol. The minimum Gasteiger partial charge on any atom is -0.494 e. The maximum atomic E-state index is 14.2. The van der Waals surface area contributed by atoms with Crippen LogP contribution in [0.2, 0.25) is 10.0 Å². The van der Waals surface area contributed by atoms with Crippen molar-refractivity contribution in [1.82, 2.24) is 19.4 Å². The average Bonchev–Trinajstić information content (AvgIpc) is 3.28. The van der Waals surface area contributed by atoms with Gasteiger partial charge < -0.3 is 24.3 Å². The van der Waals surface area contributed by atoms with Gasteiger partial charge in [-0.2, -0.15) is 4.98 Å². The van der Waals surface area contributed by atoms with Crippen LogP contribution < -0.4 is 10.1 Å². The van der Waals surface area contributed by atoms with Gasteiger partial charge in [0.15, 0.2) is 11.6 Å². The lowest BCUT2D eigenvalue weighted by atomic mass is 9.98. The number of carbonyl (C=O) groups excluding carboxylic acids is 1. The highest BCUT2D eigenvalue weighted by molar-refractivity contribution is 6.39. The molecule has 0 saturated carbocycles. The molecule has 2 aromatic carbocycles. The molecule has 1 saturated heterocycles. The smallest absolute Gasteiger partial charge is 0.410 e. The molecule has 42 heavy (non-hydrogen) atoms. The molecule has 1 amide bonds. The van der Waals surface area contributed by atoms with Crippen LogP contribution in [0.3, 0.4) is 0 Å². The predicted molar refractivity (Wildman–Crippen MR) is 164 cm³/mol. The number of nitrogens with one attached hydrogen (secondary N) is 1. The molecule has 1 aliphatic heterocycles. The Labute approximate surface area is 254 Å². The molecule has 3 heterocycles. The molecule has 1 aliphatic rings. The molecule has 0 spiro atoms. The highest BCUT2D eigenvalue weighted by Crippen LogP contribution is 2.38. The number of amides is 1. The highest BCUT2D eigenvalue weighted by atomic mass is 35.5. The second-order valence-corrected chi connectivity index (χ2v) is 12.3. The summed E-state index contributed by atoms with van der Waals surface area (Å²) in [5.74, 6) is 0.300. The largest absolute Gasteiger partial charge is 0.494 e. The molecule has 0 bridgehead atoms. The van der Waals surface area contributed by atoms with Gasteiger partial charge in [0.25, 0.3) is 0 Å². The molecule has 1 N–H and O–H groups in total. The van der Waals surface area contributed by atoms with Crippen LogP contribution in [-0.4, -0.2) is 51.3 Å². The Morgan fingerprint density at radius 2 is 1.93 bits per heavy atom. The van der Waals surface area contributed by atoms with Gasteiger partial charge in [-0.15, -0.1) is 0 Å². The number of methoxy groups -OCH3 is 1. The minimum absolute atomic E-state index is 0.149. The van der Waals surface area contributed by atoms with Crippen LogP contribution >= 0.6 is 23.2 Å². The number of ether oxygens (including phenoxy) is 2. The van der Waals surface area contributed by atoms with E-state index in [1.165, 1.54) is 13.2 Å². The number of rotatable bonds is 7. The van der Waals surface area contributed by atoms with Gasteiger partial charge in [-0.05, 0) is 75.4 Å². The Hall–Kier alpha value is -3.56. The summed E-state index contributed by atoms with van der Waals surface area (Å²) in [6.45, 7) is 7.73. The monoisotopic (exact) mass is 613 g/mol. The molecule has 1 fully saturated rings. The molecule has 0 unspecified atom stereocenters. The maximum Gasteiger partial charge on any atom is 0.410 e. The first kappa shape index (κ1) is 29.9. The molecule has 2 aromatic heterocycles. The first-order valence-corrected chi connectivity index (χ1v) is 14.6. The zero-order valence-corrected chi connectivity index (χ0v) is 25.6. The van der Waals surface area contributed by atoms with E-state index in [1.807, 2.05) is 45.0 Å². The molecule has 8 nitrogen and oxygen atoms in total. The predicted octanol–water partition coefficient (Wildman–Crippen LogP) is 7.81. The summed E-state index contributed by atoms with van der Waals surface area (Å²) in [5, 5.41) is 5.07. The molecule has 1 atom stereocenters. The van der Waals surface area contributed by atoms with Gasteiger partial charge in [0, 0.05) is 43.3 Å². The molecule has 5 rings (SSSR count). The number of likely N-dealkylation sites (tertiary alicyclic amines) is 1. The summed E-state index contributed by atoms with van der Waals surface area (Å²) in [5.41, 5.74) is 2.39. The fraction of sp³-hybridized carbons (Fsp3) is 0.387. The maximum absolute atomic E-state index is 14.2. The molecule has 0 aliphatic carbocycles.